The fourth-order valence-electron chi connectivity index (χ4n) is 2.34. The van der Waals surface area contributed by atoms with Gasteiger partial charge in [0.25, 0.3) is 0 Å². The lowest BCUT2D eigenvalue weighted by atomic mass is 9.99. The van der Waals surface area contributed by atoms with Gasteiger partial charge in [0, 0.05) is 13.8 Å². The minimum Gasteiger partial charge on any atom is -0.462 e. The predicted molar refractivity (Wildman–Crippen MR) is 73.6 cm³/mol. The molecular weight excluding hydrogens is 292 g/mol. The molecule has 1 fully saturated rings. The minimum atomic E-state index is -0.727. The van der Waals surface area contributed by atoms with E-state index >= 15 is 0 Å². The molecule has 7 heteroatoms. The molecule has 0 bridgehead atoms. The monoisotopic (exact) mass is 310 g/mol. The van der Waals surface area contributed by atoms with Gasteiger partial charge in [0.1, 0.15) is 24.9 Å². The van der Waals surface area contributed by atoms with Crippen LogP contribution in [-0.4, -0.2) is 48.9 Å². The van der Waals surface area contributed by atoms with Crippen molar-refractivity contribution < 1.29 is 33.3 Å². The van der Waals surface area contributed by atoms with Crippen LogP contribution in [-0.2, 0) is 33.3 Å². The van der Waals surface area contributed by atoms with Crippen LogP contribution in [0, 0.1) is 0 Å². The van der Waals surface area contributed by atoms with Crippen LogP contribution in [0.1, 0.15) is 20.8 Å². The van der Waals surface area contributed by atoms with Crippen LogP contribution in [0.25, 0.3) is 0 Å². The van der Waals surface area contributed by atoms with Crippen LogP contribution < -0.4 is 0 Å². The molecular formula is C15H18O7. The second-order valence-electron chi connectivity index (χ2n) is 5.06. The highest BCUT2D eigenvalue weighted by atomic mass is 16.6. The standard InChI is InChI=1S/C15H18O7/c1-8-14-11(15(18)20-8)7-13(21-10(3)17)12(22-14)5-4-6-19-9(2)16/h4-5,7-8,12-14H,6H2,1-3H3/b5-4+/t8-,12+,13+,14+/m0/s1. The summed E-state index contributed by atoms with van der Waals surface area (Å²) in [5.74, 6) is -1.34. The number of carbonyl (C=O) groups is 3. The molecule has 0 spiro atoms. The van der Waals surface area contributed by atoms with Gasteiger partial charge in [0.05, 0.1) is 5.57 Å². The fourth-order valence-corrected chi connectivity index (χ4v) is 2.34. The topological polar surface area (TPSA) is 88.1 Å². The minimum absolute atomic E-state index is 0.0915. The van der Waals surface area contributed by atoms with Crippen molar-refractivity contribution in [3.05, 3.63) is 23.8 Å². The molecule has 120 valence electrons. The lowest BCUT2D eigenvalue weighted by molar-refractivity contribution is -0.152. The third kappa shape index (κ3) is 3.73. The van der Waals surface area contributed by atoms with E-state index < -0.39 is 42.3 Å². The molecule has 0 aliphatic carbocycles. The van der Waals surface area contributed by atoms with Crippen LogP contribution in [0.2, 0.25) is 0 Å². The summed E-state index contributed by atoms with van der Waals surface area (Å²) in [6, 6.07) is 0. The Balaban J connectivity index is 2.13. The molecule has 1 saturated heterocycles. The molecule has 4 atom stereocenters. The average molecular weight is 310 g/mol. The number of rotatable bonds is 4. The third-order valence-electron chi connectivity index (χ3n) is 3.24. The van der Waals surface area contributed by atoms with Crippen molar-refractivity contribution in [1.29, 1.82) is 0 Å². The van der Waals surface area contributed by atoms with E-state index in [1.165, 1.54) is 13.8 Å². The molecule has 0 saturated carbocycles. The van der Waals surface area contributed by atoms with E-state index in [-0.39, 0.29) is 6.61 Å². The first-order valence-electron chi connectivity index (χ1n) is 6.94. The quantitative estimate of drug-likeness (QED) is 0.428. The highest BCUT2D eigenvalue weighted by Gasteiger charge is 2.44. The Hall–Kier alpha value is -2.15. The highest BCUT2D eigenvalue weighted by Crippen LogP contribution is 2.32. The maximum atomic E-state index is 11.7. The van der Waals surface area contributed by atoms with Gasteiger partial charge in [-0.2, -0.15) is 0 Å². The second-order valence-corrected chi connectivity index (χ2v) is 5.06. The first-order valence-corrected chi connectivity index (χ1v) is 6.94. The van der Waals surface area contributed by atoms with E-state index in [0.717, 1.165) is 0 Å². The van der Waals surface area contributed by atoms with E-state index in [4.69, 9.17) is 18.9 Å². The van der Waals surface area contributed by atoms with Crippen molar-refractivity contribution in [2.75, 3.05) is 6.61 Å². The van der Waals surface area contributed by atoms with Crippen LogP contribution in [0.5, 0.6) is 0 Å². The summed E-state index contributed by atoms with van der Waals surface area (Å²) in [6.07, 6.45) is 2.59. The maximum absolute atomic E-state index is 11.7. The Morgan fingerprint density at radius 1 is 1.32 bits per heavy atom. The van der Waals surface area contributed by atoms with Gasteiger partial charge in [-0.05, 0) is 19.1 Å². The van der Waals surface area contributed by atoms with Crippen LogP contribution in [0.15, 0.2) is 23.8 Å². The molecule has 0 N–H and O–H groups in total. The molecule has 0 aromatic carbocycles. The van der Waals surface area contributed by atoms with Gasteiger partial charge in [-0.1, -0.05) is 6.08 Å². The normalized spacial score (nSPS) is 30.5. The van der Waals surface area contributed by atoms with Gasteiger partial charge in [-0.25, -0.2) is 4.79 Å². The average Bonchev–Trinajstić information content (AvgIpc) is 2.69. The van der Waals surface area contributed by atoms with Crippen molar-refractivity contribution >= 4 is 17.9 Å². The molecule has 0 radical (unpaired) electrons. The van der Waals surface area contributed by atoms with Crippen molar-refractivity contribution in [2.24, 2.45) is 0 Å². The zero-order chi connectivity index (χ0) is 16.3. The first-order chi connectivity index (χ1) is 10.4. The summed E-state index contributed by atoms with van der Waals surface area (Å²) < 4.78 is 20.9. The van der Waals surface area contributed by atoms with Gasteiger partial charge in [0.15, 0.2) is 6.10 Å². The summed E-state index contributed by atoms with van der Waals surface area (Å²) in [4.78, 5) is 33.6. The first kappa shape index (κ1) is 16.2. The molecule has 7 nitrogen and oxygen atoms in total. The summed E-state index contributed by atoms with van der Waals surface area (Å²) >= 11 is 0. The molecule has 0 aromatic rings. The molecule has 0 unspecified atom stereocenters. The number of carbonyl (C=O) groups excluding carboxylic acids is 3. The molecule has 0 aromatic heterocycles. The lowest BCUT2D eigenvalue weighted by Crippen LogP contribution is -2.41. The van der Waals surface area contributed by atoms with E-state index in [2.05, 4.69) is 0 Å². The molecule has 22 heavy (non-hydrogen) atoms. The Bertz CT molecular complexity index is 534. The molecule has 0 amide bonds. The smallest absolute Gasteiger partial charge is 0.337 e. The van der Waals surface area contributed by atoms with Crippen molar-refractivity contribution in [3.63, 3.8) is 0 Å². The number of cyclic esters (lactones) is 1. The van der Waals surface area contributed by atoms with E-state index in [1.54, 1.807) is 25.2 Å². The summed E-state index contributed by atoms with van der Waals surface area (Å²) in [6.45, 7) is 4.41. The van der Waals surface area contributed by atoms with E-state index in [0.29, 0.717) is 5.57 Å². The SMILES string of the molecule is CC(=O)OC/C=C/[C@H]1O[C@H]2C(=C[C@H]1OC(C)=O)C(=O)O[C@H]2C. The summed E-state index contributed by atoms with van der Waals surface area (Å²) in [5.41, 5.74) is 0.364. The predicted octanol–water partition coefficient (Wildman–Crippen LogP) is 0.676. The summed E-state index contributed by atoms with van der Waals surface area (Å²) in [5, 5.41) is 0. The van der Waals surface area contributed by atoms with Crippen LogP contribution in [0.4, 0.5) is 0 Å². The number of fused-ring (bicyclic) bond motifs is 1. The molecule has 2 heterocycles. The Morgan fingerprint density at radius 3 is 2.68 bits per heavy atom. The maximum Gasteiger partial charge on any atom is 0.337 e. The number of hydrogen-bond donors (Lipinski definition) is 0. The van der Waals surface area contributed by atoms with Crippen LogP contribution in [0.3, 0.4) is 0 Å². The fraction of sp³-hybridized carbons (Fsp3) is 0.533. The van der Waals surface area contributed by atoms with Gasteiger partial charge in [-0.3, -0.25) is 9.59 Å². The third-order valence-corrected chi connectivity index (χ3v) is 3.24. The van der Waals surface area contributed by atoms with E-state index in [1.807, 2.05) is 0 Å². The lowest BCUT2D eigenvalue weighted by Gasteiger charge is -2.30. The zero-order valence-corrected chi connectivity index (χ0v) is 12.6. The molecule has 2 aliphatic heterocycles. The van der Waals surface area contributed by atoms with Crippen molar-refractivity contribution in [3.8, 4) is 0 Å². The number of esters is 3. The molecule has 2 aliphatic rings. The van der Waals surface area contributed by atoms with Gasteiger partial charge >= 0.3 is 17.9 Å². The van der Waals surface area contributed by atoms with Crippen LogP contribution >= 0.6 is 0 Å². The zero-order valence-electron chi connectivity index (χ0n) is 12.6. The van der Waals surface area contributed by atoms with Gasteiger partial charge in [0.2, 0.25) is 0 Å². The second kappa shape index (κ2) is 6.74. The summed E-state index contributed by atoms with van der Waals surface area (Å²) in [7, 11) is 0. The van der Waals surface area contributed by atoms with Crippen molar-refractivity contribution in [1.82, 2.24) is 0 Å². The Labute approximate surface area is 127 Å². The highest BCUT2D eigenvalue weighted by molar-refractivity contribution is 5.92. The van der Waals surface area contributed by atoms with Gasteiger partial charge in [-0.15, -0.1) is 0 Å². The van der Waals surface area contributed by atoms with Crippen molar-refractivity contribution in [2.45, 2.75) is 45.2 Å². The number of ether oxygens (including phenoxy) is 4. The number of hydrogen-bond acceptors (Lipinski definition) is 7. The van der Waals surface area contributed by atoms with E-state index in [9.17, 15) is 14.4 Å². The van der Waals surface area contributed by atoms with Gasteiger partial charge < -0.3 is 18.9 Å². The largest absolute Gasteiger partial charge is 0.462 e. The molecule has 2 rings (SSSR count). The Kier molecular flexibility index (Phi) is 4.97. The Morgan fingerprint density at radius 2 is 2.05 bits per heavy atom.